The summed E-state index contributed by atoms with van der Waals surface area (Å²) in [7, 11) is 0. The maximum Gasteiger partial charge on any atom is 0.310 e. The maximum atomic E-state index is 13.0. The summed E-state index contributed by atoms with van der Waals surface area (Å²) >= 11 is 0. The lowest BCUT2D eigenvalue weighted by atomic mass is 9.79. The van der Waals surface area contributed by atoms with Crippen LogP contribution < -0.4 is 10.6 Å². The fourth-order valence-corrected chi connectivity index (χ4v) is 5.58. The van der Waals surface area contributed by atoms with Crippen LogP contribution in [0.25, 0.3) is 0 Å². The number of esters is 1. The largest absolute Gasteiger partial charge is 0.462 e. The highest BCUT2D eigenvalue weighted by atomic mass is 16.6. The molecule has 2 bridgehead atoms. The van der Waals surface area contributed by atoms with Crippen LogP contribution in [0.15, 0.2) is 42.5 Å². The number of aryl methyl sites for hydroxylation is 2. The highest BCUT2D eigenvalue weighted by molar-refractivity contribution is 6.05. The summed E-state index contributed by atoms with van der Waals surface area (Å²) in [5.41, 5.74) is 3.90. The fourth-order valence-electron chi connectivity index (χ4n) is 5.58. The van der Waals surface area contributed by atoms with E-state index in [9.17, 15) is 14.4 Å². The molecular weight excluding hydrogens is 380 g/mol. The van der Waals surface area contributed by atoms with Gasteiger partial charge in [-0.1, -0.05) is 12.1 Å². The van der Waals surface area contributed by atoms with Gasteiger partial charge in [0.1, 0.15) is 6.10 Å². The molecule has 1 heterocycles. The summed E-state index contributed by atoms with van der Waals surface area (Å²) in [4.78, 5) is 37.8. The van der Waals surface area contributed by atoms with Gasteiger partial charge in [0.2, 0.25) is 5.91 Å². The van der Waals surface area contributed by atoms with E-state index in [1.165, 1.54) is 0 Å². The number of anilines is 2. The molecular formula is C24H24N2O4. The Morgan fingerprint density at radius 3 is 2.50 bits per heavy atom. The summed E-state index contributed by atoms with van der Waals surface area (Å²) in [6, 6.07) is 12.8. The van der Waals surface area contributed by atoms with E-state index in [2.05, 4.69) is 10.6 Å². The van der Waals surface area contributed by atoms with Crippen molar-refractivity contribution in [3.8, 4) is 0 Å². The molecule has 0 spiro atoms. The molecule has 154 valence electrons. The standard InChI is InChI=1S/C24H24N2O4/c1-12-6-13(2)8-17(7-12)26-22(27)14-4-3-5-16(9-14)25-23(28)20-15-10-18-19(11-15)30-24(29)21(18)20/h3-9,15,18-21H,10-11H2,1-2H3,(H,25,28)(H,26,27)/t15-,18+,19-,20-,21-/m1/s1. The van der Waals surface area contributed by atoms with E-state index in [0.29, 0.717) is 11.3 Å². The number of ether oxygens (including phenoxy) is 1. The van der Waals surface area contributed by atoms with E-state index in [1.54, 1.807) is 24.3 Å². The molecule has 3 fully saturated rings. The fraction of sp³-hybridized carbons (Fsp3) is 0.375. The molecule has 2 aliphatic carbocycles. The molecule has 2 aromatic carbocycles. The molecule has 30 heavy (non-hydrogen) atoms. The Morgan fingerprint density at radius 1 is 0.967 bits per heavy atom. The number of fused-ring (bicyclic) bond motifs is 1. The van der Waals surface area contributed by atoms with Crippen LogP contribution >= 0.6 is 0 Å². The molecule has 3 aliphatic rings. The first kappa shape index (κ1) is 18.9. The first-order valence-corrected chi connectivity index (χ1v) is 10.4. The molecule has 2 saturated carbocycles. The molecule has 6 heteroatoms. The molecule has 6 nitrogen and oxygen atoms in total. The number of carbonyl (C=O) groups is 3. The third kappa shape index (κ3) is 3.16. The van der Waals surface area contributed by atoms with E-state index in [0.717, 1.165) is 29.7 Å². The summed E-state index contributed by atoms with van der Waals surface area (Å²) < 4.78 is 5.42. The smallest absolute Gasteiger partial charge is 0.310 e. The van der Waals surface area contributed by atoms with Crippen molar-refractivity contribution in [2.45, 2.75) is 32.8 Å². The van der Waals surface area contributed by atoms with Crippen LogP contribution in [0.5, 0.6) is 0 Å². The topological polar surface area (TPSA) is 84.5 Å². The minimum Gasteiger partial charge on any atom is -0.462 e. The van der Waals surface area contributed by atoms with Crippen LogP contribution in [-0.2, 0) is 14.3 Å². The van der Waals surface area contributed by atoms with Gasteiger partial charge in [0.05, 0.1) is 11.8 Å². The third-order valence-electron chi connectivity index (χ3n) is 6.66. The van der Waals surface area contributed by atoms with Crippen molar-refractivity contribution in [1.82, 2.24) is 0 Å². The number of hydrogen-bond donors (Lipinski definition) is 2. The van der Waals surface area contributed by atoms with Crippen molar-refractivity contribution in [2.24, 2.45) is 23.7 Å². The summed E-state index contributed by atoms with van der Waals surface area (Å²) in [5, 5.41) is 5.83. The molecule has 2 N–H and O–H groups in total. The molecule has 5 atom stereocenters. The lowest BCUT2D eigenvalue weighted by molar-refractivity contribution is -0.145. The van der Waals surface area contributed by atoms with E-state index in [-0.39, 0.29) is 47.6 Å². The Hall–Kier alpha value is -3.15. The summed E-state index contributed by atoms with van der Waals surface area (Å²) in [6.45, 7) is 3.97. The van der Waals surface area contributed by atoms with Crippen LogP contribution in [0, 0.1) is 37.5 Å². The number of hydrogen-bond acceptors (Lipinski definition) is 4. The van der Waals surface area contributed by atoms with Gasteiger partial charge in [-0.15, -0.1) is 0 Å². The second-order valence-electron chi connectivity index (χ2n) is 8.82. The van der Waals surface area contributed by atoms with E-state index >= 15 is 0 Å². The van der Waals surface area contributed by atoms with Crippen LogP contribution in [0.1, 0.15) is 34.3 Å². The van der Waals surface area contributed by atoms with Crippen LogP contribution in [0.4, 0.5) is 11.4 Å². The Morgan fingerprint density at radius 2 is 1.73 bits per heavy atom. The van der Waals surface area contributed by atoms with Crippen molar-refractivity contribution in [3.63, 3.8) is 0 Å². The predicted octanol–water partition coefficient (Wildman–Crippen LogP) is 3.69. The second-order valence-corrected chi connectivity index (χ2v) is 8.82. The van der Waals surface area contributed by atoms with Gasteiger partial charge in [-0.05, 0) is 74.1 Å². The van der Waals surface area contributed by atoms with Gasteiger partial charge < -0.3 is 15.4 Å². The van der Waals surface area contributed by atoms with Crippen LogP contribution in [-0.4, -0.2) is 23.9 Å². The Balaban J connectivity index is 1.30. The molecule has 2 aromatic rings. The van der Waals surface area contributed by atoms with Crippen molar-refractivity contribution < 1.29 is 19.1 Å². The van der Waals surface area contributed by atoms with Gasteiger partial charge in [-0.2, -0.15) is 0 Å². The third-order valence-corrected chi connectivity index (χ3v) is 6.66. The zero-order chi connectivity index (χ0) is 21.0. The number of amides is 2. The minimum absolute atomic E-state index is 0.00818. The second kappa shape index (κ2) is 6.97. The van der Waals surface area contributed by atoms with Gasteiger partial charge >= 0.3 is 5.97 Å². The Kier molecular flexibility index (Phi) is 4.38. The van der Waals surface area contributed by atoms with Crippen molar-refractivity contribution in [3.05, 3.63) is 59.2 Å². The lowest BCUT2D eigenvalue weighted by Crippen LogP contribution is -2.35. The first-order valence-electron chi connectivity index (χ1n) is 10.4. The van der Waals surface area contributed by atoms with Gasteiger partial charge in [0.25, 0.3) is 5.91 Å². The van der Waals surface area contributed by atoms with Crippen LogP contribution in [0.3, 0.4) is 0 Å². The zero-order valence-electron chi connectivity index (χ0n) is 17.0. The van der Waals surface area contributed by atoms with E-state index in [1.807, 2.05) is 32.0 Å². The minimum atomic E-state index is -0.339. The number of rotatable bonds is 4. The average molecular weight is 404 g/mol. The lowest BCUT2D eigenvalue weighted by Gasteiger charge is -2.23. The zero-order valence-corrected chi connectivity index (χ0v) is 17.0. The molecule has 0 aromatic heterocycles. The van der Waals surface area contributed by atoms with Crippen molar-refractivity contribution in [1.29, 1.82) is 0 Å². The molecule has 0 unspecified atom stereocenters. The van der Waals surface area contributed by atoms with Gasteiger partial charge in [0, 0.05) is 22.9 Å². The van der Waals surface area contributed by atoms with Crippen molar-refractivity contribution >= 4 is 29.2 Å². The van der Waals surface area contributed by atoms with Crippen molar-refractivity contribution in [2.75, 3.05) is 10.6 Å². The highest BCUT2D eigenvalue weighted by Gasteiger charge is 2.63. The molecule has 1 saturated heterocycles. The number of nitrogens with one attached hydrogen (secondary N) is 2. The average Bonchev–Trinajstić information content (AvgIpc) is 3.30. The van der Waals surface area contributed by atoms with Crippen LogP contribution in [0.2, 0.25) is 0 Å². The normalized spacial score (nSPS) is 28.3. The van der Waals surface area contributed by atoms with Gasteiger partial charge in [-0.3, -0.25) is 14.4 Å². The monoisotopic (exact) mass is 404 g/mol. The molecule has 0 radical (unpaired) electrons. The van der Waals surface area contributed by atoms with E-state index < -0.39 is 0 Å². The Bertz CT molecular complexity index is 1040. The maximum absolute atomic E-state index is 13.0. The molecule has 2 amide bonds. The van der Waals surface area contributed by atoms with E-state index in [4.69, 9.17) is 4.74 Å². The first-order chi connectivity index (χ1) is 14.4. The number of benzene rings is 2. The summed E-state index contributed by atoms with van der Waals surface area (Å²) in [6.07, 6.45) is 1.68. The van der Waals surface area contributed by atoms with Gasteiger partial charge in [-0.25, -0.2) is 0 Å². The highest BCUT2D eigenvalue weighted by Crippen LogP contribution is 2.57. The Labute approximate surface area is 175 Å². The number of carbonyl (C=O) groups excluding carboxylic acids is 3. The quantitative estimate of drug-likeness (QED) is 0.761. The predicted molar refractivity (Wildman–Crippen MR) is 112 cm³/mol. The molecule has 5 rings (SSSR count). The SMILES string of the molecule is Cc1cc(C)cc(NC(=O)c2cccc(NC(=O)[C@@H]3[C@@H]4C[C@@H]5[C@H]3C(=O)O[C@@H]5C4)c2)c1. The molecule has 1 aliphatic heterocycles. The van der Waals surface area contributed by atoms with Gasteiger partial charge in [0.15, 0.2) is 0 Å². The summed E-state index contributed by atoms with van der Waals surface area (Å²) in [5.74, 6) is -0.888.